The lowest BCUT2D eigenvalue weighted by Crippen LogP contribution is -2.25. The summed E-state index contributed by atoms with van der Waals surface area (Å²) in [6, 6.07) is 1.64. The summed E-state index contributed by atoms with van der Waals surface area (Å²) in [6.07, 6.45) is 1.73. The van der Waals surface area contributed by atoms with Crippen LogP contribution in [0.15, 0.2) is 11.4 Å². The maximum absolute atomic E-state index is 10.8. The molecular weight excluding hydrogens is 216 g/mol. The Morgan fingerprint density at radius 3 is 2.93 bits per heavy atom. The van der Waals surface area contributed by atoms with Crippen LogP contribution >= 0.6 is 11.3 Å². The zero-order chi connectivity index (χ0) is 10.8. The summed E-state index contributed by atoms with van der Waals surface area (Å²) in [4.78, 5) is 11.0. The van der Waals surface area contributed by atoms with Crippen molar-refractivity contribution in [3.8, 4) is 5.75 Å². The smallest absolute Gasteiger partial charge is 0.349 e. The van der Waals surface area contributed by atoms with E-state index in [4.69, 9.17) is 9.84 Å². The fourth-order valence-corrected chi connectivity index (χ4v) is 2.41. The zero-order valence-electron chi connectivity index (χ0n) is 8.05. The second-order valence-electron chi connectivity index (χ2n) is 3.57. The minimum absolute atomic E-state index is 0.203. The van der Waals surface area contributed by atoms with Crippen molar-refractivity contribution in [1.82, 2.24) is 0 Å². The lowest BCUT2D eigenvalue weighted by Gasteiger charge is -2.16. The number of carboxylic acids is 1. The SMILES string of the molecule is O=C(O)c1sccc1OC1CCCC1O. The Morgan fingerprint density at radius 1 is 1.53 bits per heavy atom. The first-order valence-electron chi connectivity index (χ1n) is 4.84. The maximum atomic E-state index is 10.8. The van der Waals surface area contributed by atoms with Gasteiger partial charge in [0.25, 0.3) is 0 Å². The lowest BCUT2D eigenvalue weighted by molar-refractivity contribution is 0.0567. The molecule has 0 bridgehead atoms. The van der Waals surface area contributed by atoms with Crippen molar-refractivity contribution in [1.29, 1.82) is 0 Å². The summed E-state index contributed by atoms with van der Waals surface area (Å²) in [5.74, 6) is -0.606. The standard InChI is InChI=1S/C10H12O4S/c11-6-2-1-3-7(6)14-8-4-5-15-9(8)10(12)13/h4-7,11H,1-3H2,(H,12,13). The van der Waals surface area contributed by atoms with E-state index in [1.54, 1.807) is 11.4 Å². The summed E-state index contributed by atoms with van der Waals surface area (Å²) in [5.41, 5.74) is 0. The van der Waals surface area contributed by atoms with Crippen molar-refractivity contribution in [3.05, 3.63) is 16.3 Å². The Hall–Kier alpha value is -1.07. The molecule has 0 spiro atoms. The Bertz CT molecular complexity index is 360. The minimum Gasteiger partial charge on any atom is -0.486 e. The van der Waals surface area contributed by atoms with E-state index in [-0.39, 0.29) is 11.0 Å². The van der Waals surface area contributed by atoms with Gasteiger partial charge in [-0.15, -0.1) is 11.3 Å². The highest BCUT2D eigenvalue weighted by atomic mass is 32.1. The van der Waals surface area contributed by atoms with Crippen molar-refractivity contribution in [3.63, 3.8) is 0 Å². The van der Waals surface area contributed by atoms with Crippen LogP contribution < -0.4 is 4.74 Å². The average Bonchev–Trinajstić information content (AvgIpc) is 2.77. The zero-order valence-corrected chi connectivity index (χ0v) is 8.87. The van der Waals surface area contributed by atoms with Crippen LogP contribution in [0, 0.1) is 0 Å². The number of rotatable bonds is 3. The van der Waals surface area contributed by atoms with E-state index in [2.05, 4.69) is 0 Å². The van der Waals surface area contributed by atoms with Crippen LogP contribution in [0.2, 0.25) is 0 Å². The van der Waals surface area contributed by atoms with Gasteiger partial charge in [0.05, 0.1) is 6.10 Å². The number of hydrogen-bond acceptors (Lipinski definition) is 4. The third kappa shape index (κ3) is 2.13. The van der Waals surface area contributed by atoms with E-state index in [0.717, 1.165) is 30.6 Å². The van der Waals surface area contributed by atoms with Crippen molar-refractivity contribution in [2.45, 2.75) is 31.5 Å². The topological polar surface area (TPSA) is 66.8 Å². The van der Waals surface area contributed by atoms with Gasteiger partial charge in [0.2, 0.25) is 0 Å². The maximum Gasteiger partial charge on any atom is 0.349 e. The van der Waals surface area contributed by atoms with Crippen LogP contribution in [-0.4, -0.2) is 28.4 Å². The number of ether oxygens (including phenoxy) is 1. The molecular formula is C10H12O4S. The molecule has 82 valence electrons. The van der Waals surface area contributed by atoms with Crippen molar-refractivity contribution in [2.24, 2.45) is 0 Å². The van der Waals surface area contributed by atoms with Gasteiger partial charge in [-0.2, -0.15) is 0 Å². The van der Waals surface area contributed by atoms with Crippen molar-refractivity contribution >= 4 is 17.3 Å². The molecule has 1 aromatic heterocycles. The predicted octanol–water partition coefficient (Wildman–Crippen LogP) is 1.74. The van der Waals surface area contributed by atoms with E-state index in [0.29, 0.717) is 5.75 Å². The molecule has 0 radical (unpaired) electrons. The average molecular weight is 228 g/mol. The first kappa shape index (κ1) is 10.4. The van der Waals surface area contributed by atoms with E-state index in [9.17, 15) is 9.90 Å². The molecule has 2 unspecified atom stereocenters. The molecule has 2 atom stereocenters. The van der Waals surface area contributed by atoms with E-state index >= 15 is 0 Å². The lowest BCUT2D eigenvalue weighted by atomic mass is 10.2. The second kappa shape index (κ2) is 4.20. The first-order chi connectivity index (χ1) is 7.18. The van der Waals surface area contributed by atoms with Crippen LogP contribution in [0.3, 0.4) is 0 Å². The summed E-state index contributed by atoms with van der Waals surface area (Å²) in [5, 5.41) is 20.1. The molecule has 1 aromatic rings. The predicted molar refractivity (Wildman–Crippen MR) is 55.6 cm³/mol. The van der Waals surface area contributed by atoms with Crippen LogP contribution in [0.4, 0.5) is 0 Å². The van der Waals surface area contributed by atoms with Gasteiger partial charge in [-0.3, -0.25) is 0 Å². The summed E-state index contributed by atoms with van der Waals surface area (Å²) >= 11 is 1.14. The van der Waals surface area contributed by atoms with Gasteiger partial charge < -0.3 is 14.9 Å². The summed E-state index contributed by atoms with van der Waals surface area (Å²) < 4.78 is 5.50. The van der Waals surface area contributed by atoms with Crippen LogP contribution in [0.25, 0.3) is 0 Å². The van der Waals surface area contributed by atoms with Crippen LogP contribution in [-0.2, 0) is 0 Å². The van der Waals surface area contributed by atoms with Gasteiger partial charge in [-0.25, -0.2) is 4.79 Å². The Morgan fingerprint density at radius 2 is 2.33 bits per heavy atom. The highest BCUT2D eigenvalue weighted by Crippen LogP contribution is 2.30. The van der Waals surface area contributed by atoms with Gasteiger partial charge in [-0.1, -0.05) is 0 Å². The third-order valence-corrected chi connectivity index (χ3v) is 3.40. The molecule has 0 amide bonds. The molecule has 1 heterocycles. The normalized spacial score (nSPS) is 25.4. The molecule has 1 fully saturated rings. The number of aliphatic hydroxyl groups is 1. The first-order valence-corrected chi connectivity index (χ1v) is 5.72. The van der Waals surface area contributed by atoms with E-state index in [1.807, 2.05) is 0 Å². The Kier molecular flexibility index (Phi) is 2.93. The fraction of sp³-hybridized carbons (Fsp3) is 0.500. The third-order valence-electron chi connectivity index (χ3n) is 2.52. The van der Waals surface area contributed by atoms with Gasteiger partial charge in [-0.05, 0) is 30.7 Å². The number of hydrogen-bond donors (Lipinski definition) is 2. The quantitative estimate of drug-likeness (QED) is 0.827. The molecule has 0 aromatic carbocycles. The van der Waals surface area contributed by atoms with E-state index < -0.39 is 12.1 Å². The Labute approximate surface area is 91.1 Å². The number of carbonyl (C=O) groups is 1. The van der Waals surface area contributed by atoms with Crippen molar-refractivity contribution < 1.29 is 19.7 Å². The molecule has 1 aliphatic rings. The second-order valence-corrected chi connectivity index (χ2v) is 4.49. The highest BCUT2D eigenvalue weighted by Gasteiger charge is 2.28. The van der Waals surface area contributed by atoms with Gasteiger partial charge in [0, 0.05) is 0 Å². The van der Waals surface area contributed by atoms with Crippen molar-refractivity contribution in [2.75, 3.05) is 0 Å². The molecule has 5 heteroatoms. The number of carboxylic acid groups (broad SMARTS) is 1. The van der Waals surface area contributed by atoms with Gasteiger partial charge in [0.15, 0.2) is 4.88 Å². The number of aromatic carboxylic acids is 1. The number of aliphatic hydroxyl groups excluding tert-OH is 1. The van der Waals surface area contributed by atoms with Crippen LogP contribution in [0.5, 0.6) is 5.75 Å². The molecule has 4 nitrogen and oxygen atoms in total. The molecule has 1 aliphatic carbocycles. The monoisotopic (exact) mass is 228 g/mol. The van der Waals surface area contributed by atoms with Gasteiger partial charge in [0.1, 0.15) is 11.9 Å². The molecule has 0 saturated heterocycles. The molecule has 2 rings (SSSR count). The van der Waals surface area contributed by atoms with Crippen LogP contribution in [0.1, 0.15) is 28.9 Å². The summed E-state index contributed by atoms with van der Waals surface area (Å²) in [7, 11) is 0. The van der Waals surface area contributed by atoms with E-state index in [1.165, 1.54) is 0 Å². The highest BCUT2D eigenvalue weighted by molar-refractivity contribution is 7.12. The van der Waals surface area contributed by atoms with Gasteiger partial charge >= 0.3 is 5.97 Å². The fourth-order valence-electron chi connectivity index (χ4n) is 1.75. The Balaban J connectivity index is 2.10. The molecule has 15 heavy (non-hydrogen) atoms. The largest absolute Gasteiger partial charge is 0.486 e. The minimum atomic E-state index is -0.979. The molecule has 2 N–H and O–H groups in total. The molecule has 0 aliphatic heterocycles. The summed E-state index contributed by atoms with van der Waals surface area (Å²) in [6.45, 7) is 0. The number of thiophene rings is 1. The molecule has 1 saturated carbocycles.